The number of benzene rings is 2. The first kappa shape index (κ1) is 25.7. The first-order chi connectivity index (χ1) is 17.5. The number of urea groups is 1. The summed E-state index contributed by atoms with van der Waals surface area (Å²) >= 11 is 0. The molecule has 2 aliphatic rings. The summed E-state index contributed by atoms with van der Waals surface area (Å²) < 4.78 is 0. The van der Waals surface area contributed by atoms with Crippen LogP contribution >= 0.6 is 0 Å². The fraction of sp³-hybridized carbons (Fsp3) is 0.483. The fourth-order valence-electron chi connectivity index (χ4n) is 5.38. The van der Waals surface area contributed by atoms with Gasteiger partial charge in [-0.25, -0.2) is 4.79 Å². The highest BCUT2D eigenvalue weighted by molar-refractivity contribution is 5.94. The standard InChI is InChI=1S/C29H38N4O3/c1-3-16-33(26-14-18-31(19-15-26)27(34)23-10-5-4-6-11-23)28(35)24-12-8-17-32(21-24)29(36)30-25-13-7-9-22(2)20-25/h4-7,9-11,13,20,24,26H,3,8,12,14-19,21H2,1-2H3,(H,30,36). The van der Waals surface area contributed by atoms with E-state index in [1.54, 1.807) is 4.90 Å². The normalized spacial score (nSPS) is 18.6. The third-order valence-electron chi connectivity index (χ3n) is 7.29. The predicted molar refractivity (Wildman–Crippen MR) is 142 cm³/mol. The second-order valence-electron chi connectivity index (χ2n) is 10.0. The lowest BCUT2D eigenvalue weighted by Gasteiger charge is -2.41. The second kappa shape index (κ2) is 12.1. The van der Waals surface area contributed by atoms with Crippen molar-refractivity contribution < 1.29 is 14.4 Å². The quantitative estimate of drug-likeness (QED) is 0.633. The summed E-state index contributed by atoms with van der Waals surface area (Å²) in [6.45, 7) is 7.22. The van der Waals surface area contributed by atoms with E-state index in [2.05, 4.69) is 12.2 Å². The van der Waals surface area contributed by atoms with Crippen LogP contribution < -0.4 is 5.32 Å². The average molecular weight is 491 g/mol. The van der Waals surface area contributed by atoms with Crippen molar-refractivity contribution in [3.05, 3.63) is 65.7 Å². The Morgan fingerprint density at radius 3 is 2.39 bits per heavy atom. The van der Waals surface area contributed by atoms with Gasteiger partial charge in [-0.2, -0.15) is 0 Å². The Balaban J connectivity index is 1.35. The topological polar surface area (TPSA) is 73.0 Å². The number of anilines is 1. The molecular weight excluding hydrogens is 452 g/mol. The van der Waals surface area contributed by atoms with Crippen LogP contribution in [0.25, 0.3) is 0 Å². The van der Waals surface area contributed by atoms with Gasteiger partial charge in [0.05, 0.1) is 5.92 Å². The minimum absolute atomic E-state index is 0.0602. The van der Waals surface area contributed by atoms with Gasteiger partial charge in [-0.3, -0.25) is 9.59 Å². The van der Waals surface area contributed by atoms with Crippen LogP contribution in [0.1, 0.15) is 54.9 Å². The van der Waals surface area contributed by atoms with E-state index in [-0.39, 0.29) is 29.8 Å². The van der Waals surface area contributed by atoms with Gasteiger partial charge in [-0.1, -0.05) is 37.3 Å². The molecule has 192 valence electrons. The molecule has 2 aromatic carbocycles. The lowest BCUT2D eigenvalue weighted by Crippen LogP contribution is -2.53. The Kier molecular flexibility index (Phi) is 8.62. The molecule has 4 amide bonds. The van der Waals surface area contributed by atoms with Crippen LogP contribution in [0.2, 0.25) is 0 Å². The largest absolute Gasteiger partial charge is 0.339 e. The van der Waals surface area contributed by atoms with E-state index < -0.39 is 0 Å². The van der Waals surface area contributed by atoms with Crippen LogP contribution in [0.4, 0.5) is 10.5 Å². The van der Waals surface area contributed by atoms with Crippen molar-refractivity contribution in [2.75, 3.05) is 38.0 Å². The van der Waals surface area contributed by atoms with E-state index in [1.165, 1.54) is 0 Å². The number of nitrogens with one attached hydrogen (secondary N) is 1. The van der Waals surface area contributed by atoms with Gasteiger partial charge in [0.25, 0.3) is 5.91 Å². The molecule has 7 nitrogen and oxygen atoms in total. The van der Waals surface area contributed by atoms with E-state index in [0.717, 1.165) is 43.4 Å². The summed E-state index contributed by atoms with van der Waals surface area (Å²) in [6, 6.07) is 17.1. The SMILES string of the molecule is CCCN(C(=O)C1CCCN(C(=O)Nc2cccc(C)c2)C1)C1CCN(C(=O)c2ccccc2)CC1. The lowest BCUT2D eigenvalue weighted by molar-refractivity contribution is -0.140. The zero-order valence-electron chi connectivity index (χ0n) is 21.5. The average Bonchev–Trinajstić information content (AvgIpc) is 2.91. The molecule has 1 unspecified atom stereocenters. The van der Waals surface area contributed by atoms with Crippen LogP contribution in [0.5, 0.6) is 0 Å². The molecule has 0 aromatic heterocycles. The molecular formula is C29H38N4O3. The fourth-order valence-corrected chi connectivity index (χ4v) is 5.38. The summed E-state index contributed by atoms with van der Waals surface area (Å²) in [7, 11) is 0. The molecule has 0 radical (unpaired) electrons. The number of nitrogens with zero attached hydrogens (tertiary/aromatic N) is 3. The lowest BCUT2D eigenvalue weighted by atomic mass is 9.94. The van der Waals surface area contributed by atoms with Crippen molar-refractivity contribution >= 4 is 23.5 Å². The zero-order valence-corrected chi connectivity index (χ0v) is 21.5. The van der Waals surface area contributed by atoms with Crippen LogP contribution in [-0.4, -0.2) is 71.3 Å². The molecule has 2 saturated heterocycles. The summed E-state index contributed by atoms with van der Waals surface area (Å²) in [5.41, 5.74) is 2.58. The van der Waals surface area contributed by atoms with Gasteiger partial charge in [0.1, 0.15) is 0 Å². The third-order valence-corrected chi connectivity index (χ3v) is 7.29. The number of piperidine rings is 2. The Bertz CT molecular complexity index is 1050. The number of carbonyl (C=O) groups excluding carboxylic acids is 3. The summed E-state index contributed by atoms with van der Waals surface area (Å²) in [6.07, 6.45) is 4.09. The predicted octanol–water partition coefficient (Wildman–Crippen LogP) is 4.78. The van der Waals surface area contributed by atoms with E-state index in [4.69, 9.17) is 0 Å². The number of hydrogen-bond donors (Lipinski definition) is 1. The van der Waals surface area contributed by atoms with Crippen molar-refractivity contribution in [2.45, 2.75) is 52.0 Å². The number of hydrogen-bond acceptors (Lipinski definition) is 3. The van der Waals surface area contributed by atoms with Gasteiger partial charge in [-0.15, -0.1) is 0 Å². The van der Waals surface area contributed by atoms with E-state index in [0.29, 0.717) is 38.3 Å². The zero-order chi connectivity index (χ0) is 25.5. The first-order valence-corrected chi connectivity index (χ1v) is 13.2. The highest BCUT2D eigenvalue weighted by Gasteiger charge is 2.35. The van der Waals surface area contributed by atoms with Crippen molar-refractivity contribution in [3.8, 4) is 0 Å². The number of likely N-dealkylation sites (tertiary alicyclic amines) is 2. The van der Waals surface area contributed by atoms with Gasteiger partial charge < -0.3 is 20.0 Å². The highest BCUT2D eigenvalue weighted by atomic mass is 16.2. The smallest absolute Gasteiger partial charge is 0.321 e. The molecule has 4 rings (SSSR count). The van der Waals surface area contributed by atoms with Crippen molar-refractivity contribution in [1.29, 1.82) is 0 Å². The van der Waals surface area contributed by atoms with Crippen molar-refractivity contribution in [2.24, 2.45) is 5.92 Å². The monoisotopic (exact) mass is 490 g/mol. The number of aryl methyl sites for hydroxylation is 1. The minimum atomic E-state index is -0.183. The van der Waals surface area contributed by atoms with Crippen LogP contribution in [0, 0.1) is 12.8 Å². The molecule has 1 atom stereocenters. The van der Waals surface area contributed by atoms with Crippen LogP contribution in [0.3, 0.4) is 0 Å². The highest BCUT2D eigenvalue weighted by Crippen LogP contribution is 2.25. The minimum Gasteiger partial charge on any atom is -0.339 e. The molecule has 1 N–H and O–H groups in total. The number of amides is 4. The molecule has 0 spiro atoms. The van der Waals surface area contributed by atoms with Crippen LogP contribution in [0.15, 0.2) is 54.6 Å². The number of rotatable bonds is 6. The first-order valence-electron chi connectivity index (χ1n) is 13.2. The third kappa shape index (κ3) is 6.25. The van der Waals surface area contributed by atoms with Gasteiger partial charge >= 0.3 is 6.03 Å². The maximum atomic E-state index is 13.7. The summed E-state index contributed by atoms with van der Waals surface area (Å²) in [5, 5.41) is 2.98. The maximum absolute atomic E-state index is 13.7. The Morgan fingerprint density at radius 2 is 1.69 bits per heavy atom. The molecule has 0 saturated carbocycles. The second-order valence-corrected chi connectivity index (χ2v) is 10.0. The molecule has 0 bridgehead atoms. The van der Waals surface area contributed by atoms with Gasteiger partial charge in [-0.05, 0) is 68.9 Å². The Labute approximate surface area is 214 Å². The molecule has 2 fully saturated rings. The van der Waals surface area contributed by atoms with Crippen molar-refractivity contribution in [3.63, 3.8) is 0 Å². The molecule has 2 heterocycles. The molecule has 2 aliphatic heterocycles. The van der Waals surface area contributed by atoms with E-state index in [1.807, 2.05) is 71.3 Å². The van der Waals surface area contributed by atoms with Crippen LogP contribution in [-0.2, 0) is 4.79 Å². The molecule has 0 aliphatic carbocycles. The van der Waals surface area contributed by atoms with Gasteiger partial charge in [0.15, 0.2) is 0 Å². The summed E-state index contributed by atoms with van der Waals surface area (Å²) in [5.74, 6) is 0.0280. The van der Waals surface area contributed by atoms with Crippen molar-refractivity contribution in [1.82, 2.24) is 14.7 Å². The van der Waals surface area contributed by atoms with E-state index in [9.17, 15) is 14.4 Å². The van der Waals surface area contributed by atoms with Gasteiger partial charge in [0, 0.05) is 50.0 Å². The summed E-state index contributed by atoms with van der Waals surface area (Å²) in [4.78, 5) is 45.1. The number of carbonyl (C=O) groups is 3. The Morgan fingerprint density at radius 1 is 0.944 bits per heavy atom. The Hall–Kier alpha value is -3.35. The molecule has 7 heteroatoms. The van der Waals surface area contributed by atoms with Gasteiger partial charge in [0.2, 0.25) is 5.91 Å². The van der Waals surface area contributed by atoms with E-state index >= 15 is 0 Å². The molecule has 2 aromatic rings. The molecule has 36 heavy (non-hydrogen) atoms. The maximum Gasteiger partial charge on any atom is 0.321 e.